The molecule has 0 saturated heterocycles. The molecule has 0 atom stereocenters. The van der Waals surface area contributed by atoms with Crippen LogP contribution in [0.25, 0.3) is 0 Å². The molecule has 1 rings (SSSR count). The first kappa shape index (κ1) is 5.26. The van der Waals surface area contributed by atoms with Crippen LogP contribution in [0.3, 0.4) is 0 Å². The van der Waals surface area contributed by atoms with Gasteiger partial charge in [0.15, 0.2) is 0 Å². The second-order valence-corrected chi connectivity index (χ2v) is 1.99. The fourth-order valence-electron chi connectivity index (χ4n) is 0.410. The molecule has 1 heterocycles. The normalized spacial score (nSPS) is 8.38. The lowest BCUT2D eigenvalue weighted by atomic mass is 10.3. The van der Waals surface area contributed by atoms with Crippen molar-refractivity contribution in [1.29, 1.82) is 5.26 Å². The third-order valence-corrected chi connectivity index (χ3v) is 1.35. The summed E-state index contributed by atoms with van der Waals surface area (Å²) in [6.07, 6.45) is 0.434. The molecule has 1 aromatic heterocycles. The van der Waals surface area contributed by atoms with Crippen LogP contribution in [-0.2, 0) is 6.42 Å². The minimum Gasteiger partial charge on any atom is -0.198 e. The van der Waals surface area contributed by atoms with E-state index in [4.69, 9.17) is 5.26 Å². The second-order valence-electron chi connectivity index (χ2n) is 1.33. The van der Waals surface area contributed by atoms with Crippen molar-refractivity contribution in [2.75, 3.05) is 0 Å². The minimum absolute atomic E-state index is 0.434. The topological polar surface area (TPSA) is 36.7 Å². The zero-order chi connectivity index (χ0) is 5.82. The van der Waals surface area contributed by atoms with E-state index in [1.165, 1.54) is 11.5 Å². The van der Waals surface area contributed by atoms with Crippen molar-refractivity contribution < 1.29 is 0 Å². The van der Waals surface area contributed by atoms with Crippen LogP contribution < -0.4 is 0 Å². The van der Waals surface area contributed by atoms with Gasteiger partial charge in [-0.05, 0) is 17.6 Å². The molecular weight excluding hydrogens is 120 g/mol. The fourth-order valence-corrected chi connectivity index (χ4v) is 0.949. The second kappa shape index (κ2) is 2.43. The van der Waals surface area contributed by atoms with E-state index in [1.807, 2.05) is 17.5 Å². The lowest BCUT2D eigenvalue weighted by Gasteiger charge is -1.74. The summed E-state index contributed by atoms with van der Waals surface area (Å²) in [5.41, 5.74) is 0.873. The molecular formula is C5H4N2S. The maximum atomic E-state index is 8.15. The van der Waals surface area contributed by atoms with E-state index in [1.54, 1.807) is 0 Å². The number of aromatic nitrogens is 1. The summed E-state index contributed by atoms with van der Waals surface area (Å²) in [4.78, 5) is 0. The average Bonchev–Trinajstić information content (AvgIpc) is 2.19. The predicted molar refractivity (Wildman–Crippen MR) is 31.4 cm³/mol. The number of hydrogen-bond donors (Lipinski definition) is 0. The zero-order valence-electron chi connectivity index (χ0n) is 4.16. The van der Waals surface area contributed by atoms with Crippen LogP contribution in [0.4, 0.5) is 0 Å². The smallest absolute Gasteiger partial charge is 0.0785 e. The Morgan fingerprint density at radius 3 is 3.25 bits per heavy atom. The van der Waals surface area contributed by atoms with E-state index in [9.17, 15) is 0 Å². The van der Waals surface area contributed by atoms with Crippen LogP contribution in [-0.4, -0.2) is 4.37 Å². The summed E-state index contributed by atoms with van der Waals surface area (Å²) in [5.74, 6) is 0. The summed E-state index contributed by atoms with van der Waals surface area (Å²) in [6.45, 7) is 0. The summed E-state index contributed by atoms with van der Waals surface area (Å²) in [5, 5.41) is 10.0. The van der Waals surface area contributed by atoms with Crippen LogP contribution in [0, 0.1) is 11.3 Å². The van der Waals surface area contributed by atoms with E-state index < -0.39 is 0 Å². The molecule has 8 heavy (non-hydrogen) atoms. The Morgan fingerprint density at radius 1 is 1.88 bits per heavy atom. The summed E-state index contributed by atoms with van der Waals surface area (Å²) in [7, 11) is 0. The van der Waals surface area contributed by atoms with Gasteiger partial charge in [-0.1, -0.05) is 0 Å². The third kappa shape index (κ3) is 1.04. The van der Waals surface area contributed by atoms with Gasteiger partial charge in [0.1, 0.15) is 0 Å². The van der Waals surface area contributed by atoms with Gasteiger partial charge in [-0.2, -0.15) is 9.64 Å². The molecule has 0 bridgehead atoms. The molecule has 0 saturated carbocycles. The number of nitrogens with zero attached hydrogens (tertiary/aromatic N) is 2. The molecule has 0 unspecified atom stereocenters. The lowest BCUT2D eigenvalue weighted by Crippen LogP contribution is -1.75. The van der Waals surface area contributed by atoms with Crippen molar-refractivity contribution in [3.8, 4) is 6.07 Å². The van der Waals surface area contributed by atoms with Crippen molar-refractivity contribution in [3.05, 3.63) is 17.1 Å². The quantitative estimate of drug-likeness (QED) is 0.564. The highest BCUT2D eigenvalue weighted by molar-refractivity contribution is 7.03. The monoisotopic (exact) mass is 124 g/mol. The van der Waals surface area contributed by atoms with Gasteiger partial charge >= 0.3 is 0 Å². The van der Waals surface area contributed by atoms with Crippen molar-refractivity contribution in [2.45, 2.75) is 6.42 Å². The highest BCUT2D eigenvalue weighted by Gasteiger charge is 1.88. The van der Waals surface area contributed by atoms with Gasteiger partial charge in [-0.15, -0.1) is 0 Å². The number of nitriles is 1. The Hall–Kier alpha value is -0.880. The lowest BCUT2D eigenvalue weighted by molar-refractivity contribution is 1.19. The first-order valence-corrected chi connectivity index (χ1v) is 3.03. The number of hydrogen-bond acceptors (Lipinski definition) is 3. The van der Waals surface area contributed by atoms with Crippen LogP contribution >= 0.6 is 11.5 Å². The molecule has 0 aromatic carbocycles. The molecule has 3 heteroatoms. The molecule has 0 amide bonds. The maximum Gasteiger partial charge on any atom is 0.0785 e. The molecule has 0 spiro atoms. The van der Waals surface area contributed by atoms with Gasteiger partial charge in [0, 0.05) is 5.38 Å². The highest BCUT2D eigenvalue weighted by Crippen LogP contribution is 1.98. The molecule has 0 aliphatic rings. The van der Waals surface area contributed by atoms with E-state index >= 15 is 0 Å². The van der Waals surface area contributed by atoms with Crippen molar-refractivity contribution in [2.24, 2.45) is 0 Å². The zero-order valence-corrected chi connectivity index (χ0v) is 4.98. The van der Waals surface area contributed by atoms with E-state index in [-0.39, 0.29) is 0 Å². The van der Waals surface area contributed by atoms with Gasteiger partial charge < -0.3 is 0 Å². The first-order valence-electron chi connectivity index (χ1n) is 2.19. The minimum atomic E-state index is 0.434. The van der Waals surface area contributed by atoms with Gasteiger partial charge in [-0.25, -0.2) is 0 Å². The highest BCUT2D eigenvalue weighted by atomic mass is 32.1. The van der Waals surface area contributed by atoms with Gasteiger partial charge in [0.05, 0.1) is 18.2 Å². The number of rotatable bonds is 1. The molecule has 0 N–H and O–H groups in total. The largest absolute Gasteiger partial charge is 0.198 e. The molecule has 1 aromatic rings. The van der Waals surface area contributed by atoms with E-state index in [2.05, 4.69) is 4.37 Å². The molecule has 0 aliphatic carbocycles. The van der Waals surface area contributed by atoms with Gasteiger partial charge in [0.25, 0.3) is 0 Å². The Labute approximate surface area is 51.6 Å². The maximum absolute atomic E-state index is 8.15. The Morgan fingerprint density at radius 2 is 2.75 bits per heavy atom. The van der Waals surface area contributed by atoms with Gasteiger partial charge in [-0.3, -0.25) is 0 Å². The standard InChI is InChI=1S/C5H4N2S/c6-3-1-5-2-4-8-7-5/h2,4H,1H2. The van der Waals surface area contributed by atoms with Crippen LogP contribution in [0.1, 0.15) is 5.69 Å². The molecule has 0 aliphatic heterocycles. The Kier molecular flexibility index (Phi) is 1.60. The SMILES string of the molecule is N#CCc1ccsn1. The fraction of sp³-hybridized carbons (Fsp3) is 0.200. The van der Waals surface area contributed by atoms with Crippen molar-refractivity contribution >= 4 is 11.5 Å². The van der Waals surface area contributed by atoms with Crippen LogP contribution in [0.5, 0.6) is 0 Å². The van der Waals surface area contributed by atoms with Crippen molar-refractivity contribution in [3.63, 3.8) is 0 Å². The van der Waals surface area contributed by atoms with Crippen LogP contribution in [0.15, 0.2) is 11.4 Å². The molecule has 0 fully saturated rings. The summed E-state index contributed by atoms with van der Waals surface area (Å²) < 4.78 is 3.93. The first-order chi connectivity index (χ1) is 3.93. The Bertz CT molecular complexity index is 185. The average molecular weight is 124 g/mol. The van der Waals surface area contributed by atoms with Crippen LogP contribution in [0.2, 0.25) is 0 Å². The molecule has 2 nitrogen and oxygen atoms in total. The van der Waals surface area contributed by atoms with E-state index in [0.29, 0.717) is 6.42 Å². The Balaban J connectivity index is 2.67. The molecule has 0 radical (unpaired) electrons. The summed E-state index contributed by atoms with van der Waals surface area (Å²) in [6, 6.07) is 3.87. The third-order valence-electron chi connectivity index (χ3n) is 0.751. The van der Waals surface area contributed by atoms with E-state index in [0.717, 1.165) is 5.69 Å². The van der Waals surface area contributed by atoms with Gasteiger partial charge in [0.2, 0.25) is 0 Å². The summed E-state index contributed by atoms with van der Waals surface area (Å²) >= 11 is 1.38. The molecule has 40 valence electrons. The van der Waals surface area contributed by atoms with Crippen molar-refractivity contribution in [1.82, 2.24) is 4.37 Å². The predicted octanol–water partition coefficient (Wildman–Crippen LogP) is 1.21.